The average Bonchev–Trinajstić information content (AvgIpc) is 2.73. The highest BCUT2D eigenvalue weighted by molar-refractivity contribution is 7.19. The standard InChI is InChI=1S/C17H20N2S/c1-10-5-6-11-8-12-15(17(2,3)4)14(9-18)20-16(12)19-13(11)7-10/h8,10H,5-7H2,1-4H3. The van der Waals surface area contributed by atoms with E-state index in [0.717, 1.165) is 28.5 Å². The van der Waals surface area contributed by atoms with E-state index >= 15 is 0 Å². The highest BCUT2D eigenvalue weighted by Crippen LogP contribution is 2.39. The Hall–Kier alpha value is -1.40. The maximum absolute atomic E-state index is 9.42. The van der Waals surface area contributed by atoms with Crippen LogP contribution in [0.2, 0.25) is 0 Å². The molecule has 0 spiro atoms. The van der Waals surface area contributed by atoms with Crippen molar-refractivity contribution >= 4 is 21.6 Å². The summed E-state index contributed by atoms with van der Waals surface area (Å²) in [6.07, 6.45) is 3.46. The second kappa shape index (κ2) is 4.56. The third-order valence-corrected chi connectivity index (χ3v) is 5.16. The van der Waals surface area contributed by atoms with Crippen LogP contribution in [0.15, 0.2) is 6.07 Å². The van der Waals surface area contributed by atoms with Gasteiger partial charge in [0.25, 0.3) is 0 Å². The summed E-state index contributed by atoms with van der Waals surface area (Å²) < 4.78 is 0. The summed E-state index contributed by atoms with van der Waals surface area (Å²) in [5, 5.41) is 10.6. The number of aromatic nitrogens is 1. The fraction of sp³-hybridized carbons (Fsp3) is 0.529. The summed E-state index contributed by atoms with van der Waals surface area (Å²) in [5.74, 6) is 0.727. The molecule has 2 aromatic rings. The molecule has 0 saturated carbocycles. The largest absolute Gasteiger partial charge is 0.242 e. The molecule has 2 nitrogen and oxygen atoms in total. The molecule has 0 aromatic carbocycles. The Kier molecular flexibility index (Phi) is 3.10. The van der Waals surface area contributed by atoms with Crippen LogP contribution in [0.5, 0.6) is 0 Å². The lowest BCUT2D eigenvalue weighted by Crippen LogP contribution is -2.14. The highest BCUT2D eigenvalue weighted by atomic mass is 32.1. The number of pyridine rings is 1. The molecule has 0 fully saturated rings. The van der Waals surface area contributed by atoms with E-state index in [1.807, 2.05) is 0 Å². The van der Waals surface area contributed by atoms with Crippen LogP contribution >= 0.6 is 11.3 Å². The average molecular weight is 284 g/mol. The van der Waals surface area contributed by atoms with Crippen molar-refractivity contribution in [3.8, 4) is 6.07 Å². The van der Waals surface area contributed by atoms with Crippen LogP contribution < -0.4 is 0 Å². The zero-order valence-corrected chi connectivity index (χ0v) is 13.4. The minimum Gasteiger partial charge on any atom is -0.242 e. The monoisotopic (exact) mass is 284 g/mol. The molecule has 1 unspecified atom stereocenters. The highest BCUT2D eigenvalue weighted by Gasteiger charge is 2.26. The van der Waals surface area contributed by atoms with Gasteiger partial charge in [-0.2, -0.15) is 5.26 Å². The van der Waals surface area contributed by atoms with E-state index < -0.39 is 0 Å². The first-order valence-electron chi connectivity index (χ1n) is 7.26. The van der Waals surface area contributed by atoms with Crippen LogP contribution in [0, 0.1) is 17.2 Å². The molecule has 0 aliphatic heterocycles. The number of thiophene rings is 1. The van der Waals surface area contributed by atoms with Crippen molar-refractivity contribution in [2.45, 2.75) is 52.4 Å². The number of fused-ring (bicyclic) bond motifs is 2. The second-order valence-electron chi connectivity index (χ2n) is 6.96. The fourth-order valence-corrected chi connectivity index (χ4v) is 4.34. The summed E-state index contributed by atoms with van der Waals surface area (Å²) in [7, 11) is 0. The molecule has 1 atom stereocenters. The molecule has 2 heterocycles. The molecule has 1 aliphatic rings. The van der Waals surface area contributed by atoms with Crippen molar-refractivity contribution in [1.29, 1.82) is 5.26 Å². The van der Waals surface area contributed by atoms with Crippen LogP contribution in [0.25, 0.3) is 10.2 Å². The molecule has 104 valence electrons. The van der Waals surface area contributed by atoms with Crippen molar-refractivity contribution in [3.05, 3.63) is 27.8 Å². The van der Waals surface area contributed by atoms with Gasteiger partial charge in [-0.25, -0.2) is 4.98 Å². The summed E-state index contributed by atoms with van der Waals surface area (Å²) >= 11 is 1.55. The molecule has 0 bridgehead atoms. The third kappa shape index (κ3) is 2.13. The van der Waals surface area contributed by atoms with Gasteiger partial charge in [-0.15, -0.1) is 11.3 Å². The maximum atomic E-state index is 9.42. The van der Waals surface area contributed by atoms with Crippen LogP contribution in [-0.2, 0) is 18.3 Å². The van der Waals surface area contributed by atoms with Crippen molar-refractivity contribution in [1.82, 2.24) is 4.98 Å². The first-order valence-corrected chi connectivity index (χ1v) is 8.07. The van der Waals surface area contributed by atoms with Gasteiger partial charge in [-0.1, -0.05) is 27.7 Å². The Balaban J connectivity index is 2.28. The number of aryl methyl sites for hydroxylation is 1. The molecule has 0 saturated heterocycles. The van der Waals surface area contributed by atoms with E-state index in [-0.39, 0.29) is 5.41 Å². The lowest BCUT2D eigenvalue weighted by atomic mass is 9.83. The lowest BCUT2D eigenvalue weighted by Gasteiger charge is -2.22. The van der Waals surface area contributed by atoms with E-state index in [4.69, 9.17) is 4.98 Å². The van der Waals surface area contributed by atoms with Gasteiger partial charge in [0.2, 0.25) is 0 Å². The van der Waals surface area contributed by atoms with Crippen LogP contribution in [0.4, 0.5) is 0 Å². The quantitative estimate of drug-likeness (QED) is 0.709. The Morgan fingerprint density at radius 3 is 2.80 bits per heavy atom. The van der Waals surface area contributed by atoms with Crippen LogP contribution in [0.3, 0.4) is 0 Å². The molecule has 0 N–H and O–H groups in total. The van der Waals surface area contributed by atoms with Gasteiger partial charge in [-0.05, 0) is 47.8 Å². The van der Waals surface area contributed by atoms with Gasteiger partial charge >= 0.3 is 0 Å². The second-order valence-corrected chi connectivity index (χ2v) is 7.96. The van der Waals surface area contributed by atoms with Crippen LogP contribution in [0.1, 0.15) is 55.8 Å². The summed E-state index contributed by atoms with van der Waals surface area (Å²) in [4.78, 5) is 6.75. The number of nitriles is 1. The van der Waals surface area contributed by atoms with Crippen molar-refractivity contribution in [3.63, 3.8) is 0 Å². The number of nitrogens with zero attached hydrogens (tertiary/aromatic N) is 2. The Morgan fingerprint density at radius 1 is 1.40 bits per heavy atom. The van der Waals surface area contributed by atoms with Gasteiger partial charge in [-0.3, -0.25) is 0 Å². The number of rotatable bonds is 0. The van der Waals surface area contributed by atoms with Gasteiger partial charge < -0.3 is 0 Å². The zero-order chi connectivity index (χ0) is 14.5. The molecule has 0 radical (unpaired) electrons. The van der Waals surface area contributed by atoms with Gasteiger partial charge in [0.05, 0.1) is 0 Å². The Labute approximate surface area is 124 Å². The fourth-order valence-electron chi connectivity index (χ4n) is 3.15. The lowest BCUT2D eigenvalue weighted by molar-refractivity contribution is 0.493. The van der Waals surface area contributed by atoms with Gasteiger partial charge in [0.1, 0.15) is 15.8 Å². The molecule has 2 aromatic heterocycles. The first kappa shape index (κ1) is 13.6. The van der Waals surface area contributed by atoms with Crippen LogP contribution in [-0.4, -0.2) is 4.98 Å². The van der Waals surface area contributed by atoms with Gasteiger partial charge in [0.15, 0.2) is 0 Å². The molecule has 0 amide bonds. The smallest absolute Gasteiger partial charge is 0.125 e. The molecule has 1 aliphatic carbocycles. The van der Waals surface area contributed by atoms with E-state index in [1.165, 1.54) is 28.6 Å². The van der Waals surface area contributed by atoms with E-state index in [1.54, 1.807) is 11.3 Å². The summed E-state index contributed by atoms with van der Waals surface area (Å²) in [6.45, 7) is 8.83. The molecule has 20 heavy (non-hydrogen) atoms. The van der Waals surface area contributed by atoms with Crippen molar-refractivity contribution in [2.24, 2.45) is 5.92 Å². The Bertz CT molecular complexity index is 713. The predicted octanol–water partition coefficient (Wildman–Crippen LogP) is 4.59. The van der Waals surface area contributed by atoms with Crippen molar-refractivity contribution in [2.75, 3.05) is 0 Å². The van der Waals surface area contributed by atoms with E-state index in [2.05, 4.69) is 39.8 Å². The van der Waals surface area contributed by atoms with E-state index in [9.17, 15) is 5.26 Å². The Morgan fingerprint density at radius 2 is 2.15 bits per heavy atom. The summed E-state index contributed by atoms with van der Waals surface area (Å²) in [6, 6.07) is 4.68. The molecule has 3 rings (SSSR count). The van der Waals surface area contributed by atoms with E-state index in [0.29, 0.717) is 0 Å². The molecule has 3 heteroatoms. The van der Waals surface area contributed by atoms with Gasteiger partial charge in [0, 0.05) is 11.1 Å². The molecular formula is C17H20N2S. The number of hydrogen-bond acceptors (Lipinski definition) is 3. The summed E-state index contributed by atoms with van der Waals surface area (Å²) in [5.41, 5.74) is 3.81. The number of hydrogen-bond donors (Lipinski definition) is 0. The normalized spacial score (nSPS) is 18.9. The third-order valence-electron chi connectivity index (χ3n) is 4.15. The predicted molar refractivity (Wildman–Crippen MR) is 84.2 cm³/mol. The van der Waals surface area contributed by atoms with Crippen molar-refractivity contribution < 1.29 is 0 Å². The molecular weight excluding hydrogens is 264 g/mol. The minimum atomic E-state index is -0.0127. The first-order chi connectivity index (χ1) is 9.40. The maximum Gasteiger partial charge on any atom is 0.125 e. The zero-order valence-electron chi connectivity index (χ0n) is 12.6. The topological polar surface area (TPSA) is 36.7 Å². The minimum absolute atomic E-state index is 0.0127. The SMILES string of the molecule is CC1CCc2cc3c(C(C)(C)C)c(C#N)sc3nc2C1.